The normalized spacial score (nSPS) is 10.8. The molecule has 6 nitrogen and oxygen atoms in total. The van der Waals surface area contributed by atoms with Gasteiger partial charge in [0.25, 0.3) is 0 Å². The van der Waals surface area contributed by atoms with Gasteiger partial charge in [0.15, 0.2) is 5.65 Å². The minimum absolute atomic E-state index is 0.271. The molecule has 0 spiro atoms. The van der Waals surface area contributed by atoms with Gasteiger partial charge in [-0.2, -0.15) is 5.10 Å². The Labute approximate surface area is 106 Å². The van der Waals surface area contributed by atoms with E-state index in [4.69, 9.17) is 0 Å². The van der Waals surface area contributed by atoms with Crippen molar-refractivity contribution in [1.82, 2.24) is 19.6 Å². The Bertz CT molecular complexity index is 779. The summed E-state index contributed by atoms with van der Waals surface area (Å²) in [5.41, 5.74) is 0.655. The number of hydrogen-bond donors (Lipinski definition) is 2. The topological polar surface area (TPSA) is 75.1 Å². The summed E-state index contributed by atoms with van der Waals surface area (Å²) in [5.74, 6) is 0.252. The van der Waals surface area contributed by atoms with Gasteiger partial charge in [-0.15, -0.1) is 0 Å². The molecule has 0 saturated heterocycles. The van der Waals surface area contributed by atoms with Crippen LogP contribution in [-0.4, -0.2) is 19.6 Å². The highest BCUT2D eigenvalue weighted by atomic mass is 19.1. The minimum atomic E-state index is -0.344. The zero-order valence-corrected chi connectivity index (χ0v) is 9.80. The van der Waals surface area contributed by atoms with E-state index in [-0.39, 0.29) is 11.5 Å². The van der Waals surface area contributed by atoms with Gasteiger partial charge in [0.2, 0.25) is 0 Å². The number of halogens is 1. The number of H-pyrrole nitrogens is 1. The summed E-state index contributed by atoms with van der Waals surface area (Å²) in [7, 11) is 0. The summed E-state index contributed by atoms with van der Waals surface area (Å²) < 4.78 is 14.7. The molecule has 3 aromatic rings. The molecule has 2 aromatic heterocycles. The van der Waals surface area contributed by atoms with Gasteiger partial charge in [0.1, 0.15) is 18.0 Å². The summed E-state index contributed by atoms with van der Waals surface area (Å²) >= 11 is 0. The molecule has 0 fully saturated rings. The Morgan fingerprint density at radius 3 is 3.05 bits per heavy atom. The lowest BCUT2D eigenvalue weighted by molar-refractivity contribution is 0.613. The predicted molar refractivity (Wildman–Crippen MR) is 67.3 cm³/mol. The average molecular weight is 259 g/mol. The second-order valence-corrected chi connectivity index (χ2v) is 3.98. The molecule has 2 heterocycles. The maximum absolute atomic E-state index is 13.4. The third kappa shape index (κ3) is 2.17. The van der Waals surface area contributed by atoms with Crippen molar-refractivity contribution >= 4 is 11.5 Å². The monoisotopic (exact) mass is 259 g/mol. The molecule has 7 heteroatoms. The Morgan fingerprint density at radius 2 is 2.21 bits per heavy atom. The Balaban J connectivity index is 1.82. The highest BCUT2D eigenvalue weighted by molar-refractivity contribution is 5.48. The van der Waals surface area contributed by atoms with Gasteiger partial charge in [-0.05, 0) is 6.07 Å². The number of aromatic nitrogens is 4. The van der Waals surface area contributed by atoms with Gasteiger partial charge < -0.3 is 5.32 Å². The van der Waals surface area contributed by atoms with Crippen LogP contribution in [0.3, 0.4) is 0 Å². The second-order valence-electron chi connectivity index (χ2n) is 3.98. The quantitative estimate of drug-likeness (QED) is 0.740. The lowest BCUT2D eigenvalue weighted by Gasteiger charge is -2.06. The molecule has 1 aromatic carbocycles. The van der Waals surface area contributed by atoms with Crippen LogP contribution in [0.1, 0.15) is 5.56 Å². The number of fused-ring (bicyclic) bond motifs is 1. The van der Waals surface area contributed by atoms with Crippen LogP contribution in [0.25, 0.3) is 5.65 Å². The van der Waals surface area contributed by atoms with Gasteiger partial charge in [0.05, 0.1) is 0 Å². The van der Waals surface area contributed by atoms with Crippen LogP contribution in [0.4, 0.5) is 10.2 Å². The van der Waals surface area contributed by atoms with E-state index in [9.17, 15) is 9.18 Å². The maximum atomic E-state index is 13.4. The first kappa shape index (κ1) is 11.4. The van der Waals surface area contributed by atoms with Crippen molar-refractivity contribution in [3.8, 4) is 0 Å². The van der Waals surface area contributed by atoms with Crippen molar-refractivity contribution in [2.24, 2.45) is 0 Å². The van der Waals surface area contributed by atoms with Crippen molar-refractivity contribution in [3.63, 3.8) is 0 Å². The number of nitrogens with one attached hydrogen (secondary N) is 2. The van der Waals surface area contributed by atoms with E-state index < -0.39 is 0 Å². The third-order valence-electron chi connectivity index (χ3n) is 2.73. The number of aromatic amines is 1. The maximum Gasteiger partial charge on any atom is 0.348 e. The number of nitrogens with zero attached hydrogens (tertiary/aromatic N) is 3. The molecular weight excluding hydrogens is 249 g/mol. The van der Waals surface area contributed by atoms with Crippen LogP contribution in [0.5, 0.6) is 0 Å². The van der Waals surface area contributed by atoms with Crippen molar-refractivity contribution in [1.29, 1.82) is 0 Å². The minimum Gasteiger partial charge on any atom is -0.366 e. The zero-order valence-electron chi connectivity index (χ0n) is 9.80. The Morgan fingerprint density at radius 1 is 1.37 bits per heavy atom. The van der Waals surface area contributed by atoms with Crippen LogP contribution in [0.2, 0.25) is 0 Å². The molecule has 0 aliphatic rings. The van der Waals surface area contributed by atoms with Gasteiger partial charge >= 0.3 is 5.69 Å². The van der Waals surface area contributed by atoms with Gasteiger partial charge in [-0.25, -0.2) is 23.7 Å². The Hall–Kier alpha value is -2.70. The molecule has 0 unspecified atom stereocenters. The fourth-order valence-electron chi connectivity index (χ4n) is 1.73. The molecule has 0 amide bonds. The number of anilines is 1. The van der Waals surface area contributed by atoms with Gasteiger partial charge in [-0.1, -0.05) is 18.2 Å². The molecule has 2 N–H and O–H groups in total. The Kier molecular flexibility index (Phi) is 2.71. The molecule has 0 atom stereocenters. The average Bonchev–Trinajstić information content (AvgIpc) is 2.79. The third-order valence-corrected chi connectivity index (χ3v) is 2.73. The standard InChI is InChI=1S/C12H10FN5O/c13-9-4-2-1-3-8(9)6-14-10-5-11-16-17-12(19)18(11)7-15-10/h1-5,7,14H,6H2,(H,17,19). The molecule has 19 heavy (non-hydrogen) atoms. The SMILES string of the molecule is O=c1[nH]nc2cc(NCc3ccccc3F)ncn12. The summed E-state index contributed by atoms with van der Waals surface area (Å²) in [6.07, 6.45) is 1.37. The first-order valence-electron chi connectivity index (χ1n) is 5.64. The molecule has 96 valence electrons. The first-order valence-corrected chi connectivity index (χ1v) is 5.64. The van der Waals surface area contributed by atoms with Gasteiger partial charge in [0, 0.05) is 18.2 Å². The van der Waals surface area contributed by atoms with Crippen LogP contribution in [0.15, 0.2) is 41.5 Å². The van der Waals surface area contributed by atoms with Crippen molar-refractivity contribution in [3.05, 3.63) is 58.5 Å². The summed E-state index contributed by atoms with van der Waals surface area (Å²) in [6.45, 7) is 0.310. The lowest BCUT2D eigenvalue weighted by Crippen LogP contribution is -2.10. The zero-order chi connectivity index (χ0) is 13.2. The lowest BCUT2D eigenvalue weighted by atomic mass is 10.2. The van der Waals surface area contributed by atoms with Gasteiger partial charge in [-0.3, -0.25) is 0 Å². The number of rotatable bonds is 3. The van der Waals surface area contributed by atoms with Crippen molar-refractivity contribution < 1.29 is 4.39 Å². The molecular formula is C12H10FN5O. The largest absolute Gasteiger partial charge is 0.366 e. The molecule has 0 saturated carbocycles. The molecule has 0 aliphatic heterocycles. The second kappa shape index (κ2) is 4.52. The highest BCUT2D eigenvalue weighted by Gasteiger charge is 2.04. The summed E-state index contributed by atoms with van der Waals surface area (Å²) in [5, 5.41) is 9.12. The first-order chi connectivity index (χ1) is 9.24. The molecule has 3 rings (SSSR count). The van der Waals surface area contributed by atoms with E-state index >= 15 is 0 Å². The molecule has 0 bridgehead atoms. The number of hydrogen-bond acceptors (Lipinski definition) is 4. The fourth-order valence-corrected chi connectivity index (χ4v) is 1.73. The predicted octanol–water partition coefficient (Wildman–Crippen LogP) is 1.17. The van der Waals surface area contributed by atoms with Crippen LogP contribution >= 0.6 is 0 Å². The molecule has 0 aliphatic carbocycles. The van der Waals surface area contributed by atoms with E-state index in [2.05, 4.69) is 20.5 Å². The van der Waals surface area contributed by atoms with E-state index in [0.717, 1.165) is 0 Å². The van der Waals surface area contributed by atoms with Crippen LogP contribution in [0, 0.1) is 5.82 Å². The van der Waals surface area contributed by atoms with E-state index in [1.165, 1.54) is 16.8 Å². The number of benzene rings is 1. The fraction of sp³-hybridized carbons (Fsp3) is 0.0833. The summed E-state index contributed by atoms with van der Waals surface area (Å²) in [4.78, 5) is 15.3. The van der Waals surface area contributed by atoms with Crippen molar-refractivity contribution in [2.45, 2.75) is 6.54 Å². The van der Waals surface area contributed by atoms with E-state index in [1.807, 2.05) is 0 Å². The van der Waals surface area contributed by atoms with Crippen LogP contribution < -0.4 is 11.0 Å². The summed E-state index contributed by atoms with van der Waals surface area (Å²) in [6, 6.07) is 8.11. The van der Waals surface area contributed by atoms with Crippen LogP contribution in [-0.2, 0) is 6.54 Å². The molecule has 0 radical (unpaired) electrons. The van der Waals surface area contributed by atoms with E-state index in [1.54, 1.807) is 24.3 Å². The highest BCUT2D eigenvalue weighted by Crippen LogP contribution is 2.10. The van der Waals surface area contributed by atoms with E-state index in [0.29, 0.717) is 23.6 Å². The van der Waals surface area contributed by atoms with Crippen molar-refractivity contribution in [2.75, 3.05) is 5.32 Å². The smallest absolute Gasteiger partial charge is 0.348 e.